The van der Waals surface area contributed by atoms with E-state index in [-0.39, 0.29) is 18.7 Å². The van der Waals surface area contributed by atoms with E-state index in [1.807, 2.05) is 48.5 Å². The van der Waals surface area contributed by atoms with Gasteiger partial charge in [-0.2, -0.15) is 0 Å². The van der Waals surface area contributed by atoms with Gasteiger partial charge in [0.1, 0.15) is 5.82 Å². The van der Waals surface area contributed by atoms with Gasteiger partial charge in [-0.15, -0.1) is 0 Å². The maximum Gasteiger partial charge on any atom is 0.318 e. The molecule has 2 amide bonds. The van der Waals surface area contributed by atoms with Crippen molar-refractivity contribution >= 4 is 11.8 Å². The van der Waals surface area contributed by atoms with Crippen LogP contribution in [0.4, 0.5) is 10.6 Å². The van der Waals surface area contributed by atoms with Crippen LogP contribution in [0.2, 0.25) is 0 Å². The fourth-order valence-corrected chi connectivity index (χ4v) is 3.07. The van der Waals surface area contributed by atoms with Crippen LogP contribution in [0.5, 0.6) is 0 Å². The van der Waals surface area contributed by atoms with Gasteiger partial charge in [0.15, 0.2) is 0 Å². The molecule has 132 valence electrons. The second-order valence-corrected chi connectivity index (χ2v) is 6.20. The number of carbonyl (C=O) groups excluding carboxylic acids is 1. The van der Waals surface area contributed by atoms with Crippen molar-refractivity contribution in [1.29, 1.82) is 0 Å². The second-order valence-electron chi connectivity index (χ2n) is 6.20. The van der Waals surface area contributed by atoms with E-state index in [9.17, 15) is 9.90 Å². The molecule has 1 aromatic heterocycles. The molecular formula is C19H24N4O2. The van der Waals surface area contributed by atoms with Crippen molar-refractivity contribution in [3.05, 3.63) is 60.3 Å². The predicted octanol–water partition coefficient (Wildman–Crippen LogP) is 1.86. The first-order valence-corrected chi connectivity index (χ1v) is 8.62. The highest BCUT2D eigenvalue weighted by atomic mass is 16.3. The Balaban J connectivity index is 1.56. The molecule has 1 aliphatic heterocycles. The SMILES string of the molecule is O=C(NC1CCN(c2ccccn2)C1)N(CCO)Cc1ccccc1. The Labute approximate surface area is 148 Å². The molecule has 1 saturated heterocycles. The third-order valence-corrected chi connectivity index (χ3v) is 4.36. The molecule has 1 fully saturated rings. The number of anilines is 1. The number of carbonyl (C=O) groups is 1. The van der Waals surface area contributed by atoms with Crippen molar-refractivity contribution in [2.24, 2.45) is 0 Å². The highest BCUT2D eigenvalue weighted by Crippen LogP contribution is 2.17. The number of pyridine rings is 1. The largest absolute Gasteiger partial charge is 0.395 e. The van der Waals surface area contributed by atoms with Gasteiger partial charge in [-0.25, -0.2) is 9.78 Å². The first-order valence-electron chi connectivity index (χ1n) is 8.62. The van der Waals surface area contributed by atoms with Gasteiger partial charge in [0.25, 0.3) is 0 Å². The first-order chi connectivity index (χ1) is 12.3. The lowest BCUT2D eigenvalue weighted by Crippen LogP contribution is -2.46. The number of hydrogen-bond acceptors (Lipinski definition) is 4. The number of hydrogen-bond donors (Lipinski definition) is 2. The molecule has 1 unspecified atom stereocenters. The van der Waals surface area contributed by atoms with Crippen molar-refractivity contribution in [2.45, 2.75) is 19.0 Å². The first kappa shape index (κ1) is 17.2. The predicted molar refractivity (Wildman–Crippen MR) is 97.3 cm³/mol. The van der Waals surface area contributed by atoms with E-state index in [0.29, 0.717) is 13.1 Å². The lowest BCUT2D eigenvalue weighted by atomic mass is 10.2. The van der Waals surface area contributed by atoms with E-state index < -0.39 is 0 Å². The molecule has 6 heteroatoms. The molecule has 0 spiro atoms. The quantitative estimate of drug-likeness (QED) is 0.842. The highest BCUT2D eigenvalue weighted by Gasteiger charge is 2.26. The molecule has 0 aliphatic carbocycles. The zero-order valence-electron chi connectivity index (χ0n) is 14.2. The van der Waals surface area contributed by atoms with Crippen LogP contribution in [0.15, 0.2) is 54.7 Å². The molecule has 2 heterocycles. The number of aromatic nitrogens is 1. The molecule has 2 aromatic rings. The number of nitrogens with one attached hydrogen (secondary N) is 1. The smallest absolute Gasteiger partial charge is 0.318 e. The van der Waals surface area contributed by atoms with E-state index >= 15 is 0 Å². The van der Waals surface area contributed by atoms with Crippen LogP contribution >= 0.6 is 0 Å². The third kappa shape index (κ3) is 4.70. The Morgan fingerprint density at radius 2 is 2.04 bits per heavy atom. The molecule has 6 nitrogen and oxygen atoms in total. The van der Waals surface area contributed by atoms with Gasteiger partial charge in [-0.1, -0.05) is 36.4 Å². The average molecular weight is 340 g/mol. The summed E-state index contributed by atoms with van der Waals surface area (Å²) < 4.78 is 0. The molecule has 1 aliphatic rings. The van der Waals surface area contributed by atoms with Crippen LogP contribution in [0, 0.1) is 0 Å². The van der Waals surface area contributed by atoms with E-state index in [4.69, 9.17) is 0 Å². The van der Waals surface area contributed by atoms with E-state index in [0.717, 1.165) is 30.9 Å². The van der Waals surface area contributed by atoms with Crippen LogP contribution < -0.4 is 10.2 Å². The number of aliphatic hydroxyl groups excluding tert-OH is 1. The van der Waals surface area contributed by atoms with Gasteiger partial charge in [0.2, 0.25) is 0 Å². The third-order valence-electron chi connectivity index (χ3n) is 4.36. The zero-order chi connectivity index (χ0) is 17.5. The molecule has 1 aromatic carbocycles. The summed E-state index contributed by atoms with van der Waals surface area (Å²) in [6.07, 6.45) is 2.67. The molecule has 0 saturated carbocycles. The molecule has 1 atom stereocenters. The normalized spacial score (nSPS) is 16.7. The van der Waals surface area contributed by atoms with Gasteiger partial charge in [0.05, 0.1) is 6.61 Å². The minimum Gasteiger partial charge on any atom is -0.395 e. The summed E-state index contributed by atoms with van der Waals surface area (Å²) in [7, 11) is 0. The molecule has 0 radical (unpaired) electrons. The van der Waals surface area contributed by atoms with Crippen molar-refractivity contribution in [3.63, 3.8) is 0 Å². The summed E-state index contributed by atoms with van der Waals surface area (Å²) in [6.45, 7) is 2.38. The Morgan fingerprint density at radius 1 is 1.24 bits per heavy atom. The minimum absolute atomic E-state index is 0.0506. The monoisotopic (exact) mass is 340 g/mol. The molecule has 25 heavy (non-hydrogen) atoms. The van der Waals surface area contributed by atoms with Crippen LogP contribution in [0.25, 0.3) is 0 Å². The number of nitrogens with zero attached hydrogens (tertiary/aromatic N) is 3. The summed E-state index contributed by atoms with van der Waals surface area (Å²) in [5.41, 5.74) is 1.05. The maximum absolute atomic E-state index is 12.6. The lowest BCUT2D eigenvalue weighted by Gasteiger charge is -2.25. The van der Waals surface area contributed by atoms with Crippen molar-refractivity contribution in [3.8, 4) is 0 Å². The fraction of sp³-hybridized carbons (Fsp3) is 0.368. The number of rotatable bonds is 6. The summed E-state index contributed by atoms with van der Waals surface area (Å²) in [5.74, 6) is 0.941. The zero-order valence-corrected chi connectivity index (χ0v) is 14.2. The minimum atomic E-state index is -0.134. The Kier molecular flexibility index (Phi) is 5.85. The van der Waals surface area contributed by atoms with Gasteiger partial charge >= 0.3 is 6.03 Å². The van der Waals surface area contributed by atoms with Gasteiger partial charge < -0.3 is 20.2 Å². The van der Waals surface area contributed by atoms with Crippen LogP contribution in [-0.2, 0) is 6.54 Å². The van der Waals surface area contributed by atoms with Gasteiger partial charge in [-0.05, 0) is 24.1 Å². The molecule has 0 bridgehead atoms. The number of benzene rings is 1. The van der Waals surface area contributed by atoms with E-state index in [1.54, 1.807) is 11.1 Å². The summed E-state index contributed by atoms with van der Waals surface area (Å²) in [5, 5.41) is 12.4. The van der Waals surface area contributed by atoms with E-state index in [1.165, 1.54) is 0 Å². The molecular weight excluding hydrogens is 316 g/mol. The highest BCUT2D eigenvalue weighted by molar-refractivity contribution is 5.74. The molecule has 3 rings (SSSR count). The topological polar surface area (TPSA) is 68.7 Å². The summed E-state index contributed by atoms with van der Waals surface area (Å²) in [6, 6.07) is 15.6. The van der Waals surface area contributed by atoms with E-state index in [2.05, 4.69) is 15.2 Å². The van der Waals surface area contributed by atoms with Crippen molar-refractivity contribution < 1.29 is 9.90 Å². The average Bonchev–Trinajstić information content (AvgIpc) is 3.11. The maximum atomic E-state index is 12.6. The number of aliphatic hydroxyl groups is 1. The van der Waals surface area contributed by atoms with Crippen LogP contribution in [-0.4, -0.2) is 53.3 Å². The van der Waals surface area contributed by atoms with Gasteiger partial charge in [0, 0.05) is 38.4 Å². The van der Waals surface area contributed by atoms with Crippen molar-refractivity contribution in [2.75, 3.05) is 31.1 Å². The second kappa shape index (κ2) is 8.48. The number of urea groups is 1. The number of amides is 2. The Bertz CT molecular complexity index is 666. The standard InChI is InChI=1S/C19H24N4O2/c24-13-12-23(14-16-6-2-1-3-7-16)19(25)21-17-9-11-22(15-17)18-8-4-5-10-20-18/h1-8,10,17,24H,9,11-15H2,(H,21,25). The fourth-order valence-electron chi connectivity index (χ4n) is 3.07. The molecule has 2 N–H and O–H groups in total. The summed E-state index contributed by atoms with van der Waals surface area (Å²) >= 11 is 0. The van der Waals surface area contributed by atoms with Crippen LogP contribution in [0.3, 0.4) is 0 Å². The lowest BCUT2D eigenvalue weighted by molar-refractivity contribution is 0.171. The Morgan fingerprint density at radius 3 is 2.76 bits per heavy atom. The van der Waals surface area contributed by atoms with Crippen molar-refractivity contribution in [1.82, 2.24) is 15.2 Å². The van der Waals surface area contributed by atoms with Crippen LogP contribution in [0.1, 0.15) is 12.0 Å². The summed E-state index contributed by atoms with van der Waals surface area (Å²) in [4.78, 5) is 20.8. The Hall–Kier alpha value is -2.60. The van der Waals surface area contributed by atoms with Gasteiger partial charge in [-0.3, -0.25) is 0 Å².